The second-order valence-corrected chi connectivity index (χ2v) is 13.5. The predicted molar refractivity (Wildman–Crippen MR) is 229 cm³/mol. The van der Waals surface area contributed by atoms with Crippen LogP contribution in [0.5, 0.6) is 46.0 Å². The molecule has 0 aromatic heterocycles. The molecule has 0 aliphatic heterocycles. The van der Waals surface area contributed by atoms with Crippen molar-refractivity contribution in [3.63, 3.8) is 0 Å². The van der Waals surface area contributed by atoms with Gasteiger partial charge in [0.1, 0.15) is 46.0 Å². The summed E-state index contributed by atoms with van der Waals surface area (Å²) in [5, 5.41) is 0. The second kappa shape index (κ2) is 21.3. The molecule has 2 atom stereocenters. The highest BCUT2D eigenvalue weighted by atomic mass is 16.7. The molecule has 0 saturated carbocycles. The second-order valence-electron chi connectivity index (χ2n) is 13.5. The number of ether oxygens (including phenoxy) is 8. The highest BCUT2D eigenvalue weighted by Crippen LogP contribution is 2.37. The van der Waals surface area contributed by atoms with Crippen LogP contribution in [0, 0.1) is 0 Å². The van der Waals surface area contributed by atoms with E-state index in [1.807, 2.05) is 109 Å². The molecule has 0 aliphatic carbocycles. The summed E-state index contributed by atoms with van der Waals surface area (Å²) in [6, 6.07) is 48.0. The zero-order valence-corrected chi connectivity index (χ0v) is 33.5. The van der Waals surface area contributed by atoms with E-state index in [-0.39, 0.29) is 37.2 Å². The van der Waals surface area contributed by atoms with E-state index >= 15 is 0 Å². The first-order valence-corrected chi connectivity index (χ1v) is 19.4. The fourth-order valence-corrected chi connectivity index (χ4v) is 5.61. The summed E-state index contributed by atoms with van der Waals surface area (Å²) >= 11 is 0. The molecule has 0 heterocycles. The summed E-state index contributed by atoms with van der Waals surface area (Å²) in [7, 11) is 0. The Hall–Kier alpha value is -7.46. The van der Waals surface area contributed by atoms with Gasteiger partial charge in [-0.05, 0) is 98.8 Å². The number of carbonyl (C=O) groups is 2. The minimum Gasteiger partial charge on any atom is -0.493 e. The Morgan fingerprint density at radius 2 is 0.750 bits per heavy atom. The van der Waals surface area contributed by atoms with Gasteiger partial charge in [-0.25, -0.2) is 9.59 Å². The fraction of sp³-hybridized carbons (Fsp3) is 0.160. The van der Waals surface area contributed by atoms with Crippen LogP contribution < -0.4 is 28.4 Å². The molecule has 0 spiro atoms. The molecular formula is C50H46O10. The number of esters is 2. The van der Waals surface area contributed by atoms with E-state index < -0.39 is 24.5 Å². The molecule has 60 heavy (non-hydrogen) atoms. The van der Waals surface area contributed by atoms with Crippen LogP contribution in [0.15, 0.2) is 182 Å². The van der Waals surface area contributed by atoms with Crippen LogP contribution >= 0.6 is 0 Å². The molecule has 0 fully saturated rings. The standard InChI is InChI=1S/C50H46O10/c1-35(2)49(51)59-47(57-41-27-23-39(24-28-41)55-37-15-7-5-8-16-37)31-33-53-45-21-13-11-19-43(45)44-20-12-14-22-46(44)54-34-32-48(60-50(52)36(3)4)58-42-29-25-40(26-30-42)56-38-17-9-6-10-18-38/h5-30,47-48H,1,3,31-34H2,2,4H3. The summed E-state index contributed by atoms with van der Waals surface area (Å²) in [4.78, 5) is 25.1. The Kier molecular flexibility index (Phi) is 15.0. The number of para-hydroxylation sites is 4. The van der Waals surface area contributed by atoms with Gasteiger partial charge in [0.25, 0.3) is 0 Å². The molecule has 306 valence electrons. The first-order chi connectivity index (χ1) is 29.2. The van der Waals surface area contributed by atoms with Crippen molar-refractivity contribution in [3.8, 4) is 57.1 Å². The molecule has 6 aromatic carbocycles. The number of rotatable bonds is 21. The Balaban J connectivity index is 1.08. The van der Waals surface area contributed by atoms with Crippen LogP contribution in [-0.4, -0.2) is 37.7 Å². The predicted octanol–water partition coefficient (Wildman–Crippen LogP) is 11.5. The molecule has 10 nitrogen and oxygen atoms in total. The maximum absolute atomic E-state index is 12.6. The summed E-state index contributed by atoms with van der Waals surface area (Å²) < 4.78 is 47.8. The van der Waals surface area contributed by atoms with Gasteiger partial charge in [0.2, 0.25) is 12.6 Å². The van der Waals surface area contributed by atoms with Crippen molar-refractivity contribution in [3.05, 3.63) is 182 Å². The molecule has 0 bridgehead atoms. The van der Waals surface area contributed by atoms with Gasteiger partial charge in [-0.3, -0.25) is 0 Å². The minimum absolute atomic E-state index is 0.149. The minimum atomic E-state index is -0.965. The SMILES string of the molecule is C=C(C)C(=O)OC(CCOc1ccccc1-c1ccccc1OCCC(OC(=O)C(=C)C)Oc1ccc(Oc2ccccc2)cc1)Oc1ccc(Oc2ccccc2)cc1. The first kappa shape index (κ1) is 42.2. The lowest BCUT2D eigenvalue weighted by atomic mass is 10.0. The lowest BCUT2D eigenvalue weighted by Gasteiger charge is -2.21. The van der Waals surface area contributed by atoms with Crippen LogP contribution in [0.1, 0.15) is 26.7 Å². The first-order valence-electron chi connectivity index (χ1n) is 19.4. The quantitative estimate of drug-likeness (QED) is 0.0396. The summed E-state index contributed by atoms with van der Waals surface area (Å²) in [5.74, 6) is 3.64. The number of hydrogen-bond donors (Lipinski definition) is 0. The van der Waals surface area contributed by atoms with Gasteiger partial charge in [0.15, 0.2) is 0 Å². The van der Waals surface area contributed by atoms with Crippen molar-refractivity contribution in [2.45, 2.75) is 39.3 Å². The van der Waals surface area contributed by atoms with Crippen LogP contribution in [0.25, 0.3) is 11.1 Å². The van der Waals surface area contributed by atoms with E-state index in [0.29, 0.717) is 46.0 Å². The van der Waals surface area contributed by atoms with Crippen molar-refractivity contribution in [2.24, 2.45) is 0 Å². The zero-order chi connectivity index (χ0) is 42.1. The normalized spacial score (nSPS) is 11.6. The smallest absolute Gasteiger partial charge is 0.336 e. The molecule has 0 N–H and O–H groups in total. The van der Waals surface area contributed by atoms with Gasteiger partial charge in [-0.15, -0.1) is 0 Å². The van der Waals surface area contributed by atoms with Crippen LogP contribution in [0.4, 0.5) is 0 Å². The van der Waals surface area contributed by atoms with Gasteiger partial charge >= 0.3 is 11.9 Å². The average Bonchev–Trinajstić information content (AvgIpc) is 3.26. The number of carbonyl (C=O) groups excluding carboxylic acids is 2. The van der Waals surface area contributed by atoms with Crippen molar-refractivity contribution in [1.82, 2.24) is 0 Å². The zero-order valence-electron chi connectivity index (χ0n) is 33.5. The van der Waals surface area contributed by atoms with Gasteiger partial charge in [0.05, 0.1) is 26.1 Å². The monoisotopic (exact) mass is 806 g/mol. The van der Waals surface area contributed by atoms with Gasteiger partial charge in [-0.1, -0.05) is 86.0 Å². The third-order valence-electron chi connectivity index (χ3n) is 8.60. The molecule has 0 aliphatic rings. The third-order valence-corrected chi connectivity index (χ3v) is 8.60. The molecule has 2 unspecified atom stereocenters. The fourth-order valence-electron chi connectivity index (χ4n) is 5.61. The van der Waals surface area contributed by atoms with Crippen LogP contribution in [-0.2, 0) is 19.1 Å². The molecule has 0 saturated heterocycles. The van der Waals surface area contributed by atoms with Crippen molar-refractivity contribution in [2.75, 3.05) is 13.2 Å². The van der Waals surface area contributed by atoms with E-state index in [2.05, 4.69) is 13.2 Å². The summed E-state index contributed by atoms with van der Waals surface area (Å²) in [6.45, 7) is 10.9. The topological polar surface area (TPSA) is 108 Å². The van der Waals surface area contributed by atoms with Crippen LogP contribution in [0.3, 0.4) is 0 Å². The summed E-state index contributed by atoms with van der Waals surface area (Å²) in [5.41, 5.74) is 2.04. The molecular weight excluding hydrogens is 761 g/mol. The third kappa shape index (κ3) is 12.8. The molecule has 6 aromatic rings. The molecule has 6 rings (SSSR count). The van der Waals surface area contributed by atoms with Crippen molar-refractivity contribution in [1.29, 1.82) is 0 Å². The summed E-state index contributed by atoms with van der Waals surface area (Å²) in [6.07, 6.45) is -1.51. The van der Waals surface area contributed by atoms with Crippen molar-refractivity contribution < 1.29 is 47.5 Å². The van der Waals surface area contributed by atoms with E-state index in [4.69, 9.17) is 37.9 Å². The van der Waals surface area contributed by atoms with E-state index in [1.54, 1.807) is 62.4 Å². The molecule has 0 amide bonds. The maximum Gasteiger partial charge on any atom is 0.336 e. The molecule has 0 radical (unpaired) electrons. The number of hydrogen-bond acceptors (Lipinski definition) is 10. The lowest BCUT2D eigenvalue weighted by molar-refractivity contribution is -0.161. The van der Waals surface area contributed by atoms with E-state index in [1.165, 1.54) is 0 Å². The lowest BCUT2D eigenvalue weighted by Crippen LogP contribution is -2.27. The Labute approximate surface area is 350 Å². The highest BCUT2D eigenvalue weighted by molar-refractivity contribution is 5.87. The van der Waals surface area contributed by atoms with Gasteiger partial charge < -0.3 is 37.9 Å². The van der Waals surface area contributed by atoms with Crippen LogP contribution in [0.2, 0.25) is 0 Å². The Morgan fingerprint density at radius 1 is 0.433 bits per heavy atom. The van der Waals surface area contributed by atoms with Gasteiger partial charge in [-0.2, -0.15) is 0 Å². The Bertz CT molecular complexity index is 2160. The number of benzene rings is 6. The molecule has 10 heteroatoms. The average molecular weight is 807 g/mol. The van der Waals surface area contributed by atoms with Gasteiger partial charge in [0, 0.05) is 22.3 Å². The largest absolute Gasteiger partial charge is 0.493 e. The Morgan fingerprint density at radius 3 is 1.12 bits per heavy atom. The van der Waals surface area contributed by atoms with E-state index in [0.717, 1.165) is 11.1 Å². The van der Waals surface area contributed by atoms with Crippen molar-refractivity contribution >= 4 is 11.9 Å². The maximum atomic E-state index is 12.6. The highest BCUT2D eigenvalue weighted by Gasteiger charge is 2.20. The van der Waals surface area contributed by atoms with E-state index in [9.17, 15) is 9.59 Å².